The molecule has 0 saturated carbocycles. The average Bonchev–Trinajstić information content (AvgIpc) is 3.30. The Bertz CT molecular complexity index is 814. The van der Waals surface area contributed by atoms with Crippen molar-refractivity contribution in [3.63, 3.8) is 0 Å². The number of hydrogen-bond donors (Lipinski definition) is 1. The molecule has 3 heterocycles. The van der Waals surface area contributed by atoms with Gasteiger partial charge in [-0.25, -0.2) is 4.79 Å². The van der Waals surface area contributed by atoms with E-state index in [4.69, 9.17) is 9.47 Å². The minimum atomic E-state index is -0.655. The van der Waals surface area contributed by atoms with Gasteiger partial charge in [-0.05, 0) is 31.2 Å². The number of benzene rings is 1. The Kier molecular flexibility index (Phi) is 8.17. The quantitative estimate of drug-likeness (QED) is 0.661. The van der Waals surface area contributed by atoms with E-state index in [9.17, 15) is 14.4 Å². The van der Waals surface area contributed by atoms with Gasteiger partial charge in [0.15, 0.2) is 0 Å². The summed E-state index contributed by atoms with van der Waals surface area (Å²) in [5, 5.41) is 2.68. The molecule has 3 aliphatic rings. The van der Waals surface area contributed by atoms with Crippen LogP contribution >= 0.6 is 0 Å². The van der Waals surface area contributed by atoms with E-state index < -0.39 is 12.1 Å². The first kappa shape index (κ1) is 23.5. The lowest BCUT2D eigenvalue weighted by Gasteiger charge is -2.35. The molecule has 0 bridgehead atoms. The Labute approximate surface area is 195 Å². The first-order valence-corrected chi connectivity index (χ1v) is 12.0. The molecular weight excluding hydrogens is 424 g/mol. The number of carbonyl (C=O) groups excluding carboxylic acids is 3. The Balaban J connectivity index is 1.25. The lowest BCUT2D eigenvalue weighted by atomic mass is 10.0. The van der Waals surface area contributed by atoms with Crippen molar-refractivity contribution >= 4 is 17.9 Å². The van der Waals surface area contributed by atoms with Gasteiger partial charge in [0.05, 0.1) is 19.8 Å². The molecule has 1 N–H and O–H groups in total. The average molecular weight is 459 g/mol. The summed E-state index contributed by atoms with van der Waals surface area (Å²) in [6, 6.07) is 8.93. The summed E-state index contributed by atoms with van der Waals surface area (Å²) in [4.78, 5) is 44.1. The molecule has 1 unspecified atom stereocenters. The summed E-state index contributed by atoms with van der Waals surface area (Å²) in [6.07, 6.45) is 2.66. The molecule has 4 rings (SSSR count). The number of nitrogens with one attached hydrogen (secondary N) is 1. The second-order valence-electron chi connectivity index (χ2n) is 8.96. The summed E-state index contributed by atoms with van der Waals surface area (Å²) >= 11 is 0. The first-order chi connectivity index (χ1) is 16.1. The summed E-state index contributed by atoms with van der Waals surface area (Å²) in [7, 11) is 0. The molecule has 3 saturated heterocycles. The molecule has 180 valence electrons. The Hall–Kier alpha value is -2.65. The van der Waals surface area contributed by atoms with E-state index in [2.05, 4.69) is 10.2 Å². The number of piperidine rings is 1. The molecule has 33 heavy (non-hydrogen) atoms. The van der Waals surface area contributed by atoms with Gasteiger partial charge in [-0.2, -0.15) is 0 Å². The molecule has 3 aliphatic heterocycles. The number of amides is 3. The van der Waals surface area contributed by atoms with Gasteiger partial charge in [-0.1, -0.05) is 30.3 Å². The van der Waals surface area contributed by atoms with E-state index in [0.717, 1.165) is 64.2 Å². The van der Waals surface area contributed by atoms with E-state index in [1.54, 1.807) is 4.90 Å². The van der Waals surface area contributed by atoms with E-state index in [1.807, 2.05) is 35.2 Å². The number of likely N-dealkylation sites (tertiary alicyclic amines) is 2. The van der Waals surface area contributed by atoms with Crippen molar-refractivity contribution in [2.45, 2.75) is 44.4 Å². The number of ether oxygens (including phenoxy) is 2. The van der Waals surface area contributed by atoms with Gasteiger partial charge in [0.2, 0.25) is 11.8 Å². The van der Waals surface area contributed by atoms with Crippen LogP contribution in [0.3, 0.4) is 0 Å². The lowest BCUT2D eigenvalue weighted by Crippen LogP contribution is -2.55. The molecule has 3 amide bonds. The maximum Gasteiger partial charge on any atom is 0.408 e. The van der Waals surface area contributed by atoms with Crippen molar-refractivity contribution in [2.24, 2.45) is 0 Å². The highest BCUT2D eigenvalue weighted by Gasteiger charge is 2.35. The molecule has 1 aromatic carbocycles. The van der Waals surface area contributed by atoms with Crippen molar-refractivity contribution in [1.29, 1.82) is 0 Å². The highest BCUT2D eigenvalue weighted by Crippen LogP contribution is 2.20. The third-order valence-electron chi connectivity index (χ3n) is 6.63. The monoisotopic (exact) mass is 458 g/mol. The van der Waals surface area contributed by atoms with Crippen LogP contribution in [0, 0.1) is 0 Å². The number of morpholine rings is 1. The number of alkyl carbamates (subject to hydrolysis) is 1. The molecule has 3 fully saturated rings. The Morgan fingerprint density at radius 1 is 1.03 bits per heavy atom. The molecule has 0 aliphatic carbocycles. The van der Waals surface area contributed by atoms with Crippen molar-refractivity contribution in [3.05, 3.63) is 35.9 Å². The summed E-state index contributed by atoms with van der Waals surface area (Å²) < 4.78 is 10.7. The molecule has 0 spiro atoms. The zero-order valence-corrected chi connectivity index (χ0v) is 19.1. The van der Waals surface area contributed by atoms with E-state index in [0.29, 0.717) is 13.0 Å². The van der Waals surface area contributed by atoms with Gasteiger partial charge >= 0.3 is 6.09 Å². The predicted molar refractivity (Wildman–Crippen MR) is 121 cm³/mol. The highest BCUT2D eigenvalue weighted by molar-refractivity contribution is 5.90. The van der Waals surface area contributed by atoms with Crippen molar-refractivity contribution in [1.82, 2.24) is 20.0 Å². The van der Waals surface area contributed by atoms with Crippen LogP contribution in [0.25, 0.3) is 0 Å². The zero-order valence-electron chi connectivity index (χ0n) is 19.1. The van der Waals surface area contributed by atoms with Crippen LogP contribution in [-0.4, -0.2) is 97.2 Å². The molecule has 0 radical (unpaired) electrons. The van der Waals surface area contributed by atoms with Crippen LogP contribution in [0.5, 0.6) is 0 Å². The van der Waals surface area contributed by atoms with E-state index >= 15 is 0 Å². The number of hydrogen-bond acceptors (Lipinski definition) is 6. The smallest absolute Gasteiger partial charge is 0.408 e. The fourth-order valence-corrected chi connectivity index (χ4v) is 4.83. The van der Waals surface area contributed by atoms with Gasteiger partial charge in [-0.15, -0.1) is 0 Å². The van der Waals surface area contributed by atoms with Crippen molar-refractivity contribution in [3.8, 4) is 0 Å². The van der Waals surface area contributed by atoms with Crippen LogP contribution in [-0.2, 0) is 25.7 Å². The SMILES string of the molecule is O=C(NC1CCCN(CC(=O)N2CCC[C@H]2CN2CCOCC2)C1=O)OCc1ccccc1. The molecule has 0 aromatic heterocycles. The van der Waals surface area contributed by atoms with Crippen LogP contribution in [0.2, 0.25) is 0 Å². The second kappa shape index (κ2) is 11.5. The lowest BCUT2D eigenvalue weighted by molar-refractivity contribution is -0.144. The number of nitrogens with zero attached hydrogens (tertiary/aromatic N) is 3. The predicted octanol–water partition coefficient (Wildman–Crippen LogP) is 1.23. The van der Waals surface area contributed by atoms with Crippen LogP contribution in [0.4, 0.5) is 4.79 Å². The zero-order chi connectivity index (χ0) is 23.0. The molecule has 1 aromatic rings. The minimum absolute atomic E-state index is 0.00795. The van der Waals surface area contributed by atoms with Crippen LogP contribution < -0.4 is 5.32 Å². The van der Waals surface area contributed by atoms with Crippen LogP contribution in [0.1, 0.15) is 31.2 Å². The maximum absolute atomic E-state index is 13.1. The van der Waals surface area contributed by atoms with E-state index in [-0.39, 0.29) is 31.0 Å². The summed E-state index contributed by atoms with van der Waals surface area (Å²) in [5.41, 5.74) is 0.882. The minimum Gasteiger partial charge on any atom is -0.445 e. The standard InChI is InChI=1S/C24H34N4O5/c29-22(28-11-4-8-20(28)16-26-12-14-32-15-13-26)17-27-10-5-9-21(23(27)30)25-24(31)33-18-19-6-2-1-3-7-19/h1-3,6-7,20-21H,4-5,8-18H2,(H,25,31)/t20-,21?/m0/s1. The van der Waals surface area contributed by atoms with E-state index in [1.165, 1.54) is 0 Å². The summed E-state index contributed by atoms with van der Waals surface area (Å²) in [6.45, 7) is 5.63. The highest BCUT2D eigenvalue weighted by atomic mass is 16.5. The van der Waals surface area contributed by atoms with Gasteiger partial charge in [0.25, 0.3) is 0 Å². The van der Waals surface area contributed by atoms with Gasteiger partial charge < -0.3 is 24.6 Å². The third kappa shape index (κ3) is 6.45. The summed E-state index contributed by atoms with van der Waals surface area (Å²) in [5.74, 6) is -0.221. The number of rotatable bonds is 7. The van der Waals surface area contributed by atoms with Gasteiger partial charge in [0.1, 0.15) is 12.6 Å². The Morgan fingerprint density at radius 3 is 2.58 bits per heavy atom. The fourth-order valence-electron chi connectivity index (χ4n) is 4.83. The van der Waals surface area contributed by atoms with Gasteiger partial charge in [-0.3, -0.25) is 14.5 Å². The Morgan fingerprint density at radius 2 is 1.79 bits per heavy atom. The normalized spacial score (nSPS) is 24.1. The molecule has 9 heteroatoms. The molecule has 2 atom stereocenters. The van der Waals surface area contributed by atoms with Gasteiger partial charge in [0, 0.05) is 38.8 Å². The largest absolute Gasteiger partial charge is 0.445 e. The van der Waals surface area contributed by atoms with Crippen molar-refractivity contribution in [2.75, 3.05) is 52.5 Å². The van der Waals surface area contributed by atoms with Crippen LogP contribution in [0.15, 0.2) is 30.3 Å². The first-order valence-electron chi connectivity index (χ1n) is 12.0. The second-order valence-corrected chi connectivity index (χ2v) is 8.96. The van der Waals surface area contributed by atoms with Crippen molar-refractivity contribution < 1.29 is 23.9 Å². The maximum atomic E-state index is 13.1. The molecule has 9 nitrogen and oxygen atoms in total. The molecular formula is C24H34N4O5. The topological polar surface area (TPSA) is 91.4 Å². The fraction of sp³-hybridized carbons (Fsp3) is 0.625. The third-order valence-corrected chi connectivity index (χ3v) is 6.63. The number of carbonyl (C=O) groups is 3.